The molecule has 2 aromatic carbocycles. The van der Waals surface area contributed by atoms with E-state index >= 15 is 4.57 Å². The minimum absolute atomic E-state index is 0.00859. The van der Waals surface area contributed by atoms with Crippen LogP contribution in [-0.4, -0.2) is 29.5 Å². The standard InChI is InChI=1S/C32H29N2O3P/c35-38(23-12-3-1-4-13-23,24-14-5-2-6-15-24)25-16-9-11-22(21-25)26-17-10-20-29-30(26)37-32-31(36-29)33-27-18-7-8-19-28(27)34-32/h1-5,7,9-12,14,16-18,20-21,23,27-28H,6,8,13,15,19H2. The topological polar surface area (TPSA) is 60.2 Å². The van der Waals surface area contributed by atoms with Crippen LogP contribution in [0.5, 0.6) is 11.5 Å². The summed E-state index contributed by atoms with van der Waals surface area (Å²) < 4.78 is 27.6. The highest BCUT2D eigenvalue weighted by molar-refractivity contribution is 7.76. The molecule has 7 rings (SSSR count). The summed E-state index contributed by atoms with van der Waals surface area (Å²) in [5.41, 5.74) is 1.79. The van der Waals surface area contributed by atoms with Gasteiger partial charge in [0.1, 0.15) is 7.14 Å². The Labute approximate surface area is 223 Å². The first-order valence-electron chi connectivity index (χ1n) is 13.4. The van der Waals surface area contributed by atoms with Gasteiger partial charge in [-0.2, -0.15) is 0 Å². The zero-order valence-electron chi connectivity index (χ0n) is 21.1. The van der Waals surface area contributed by atoms with E-state index in [0.29, 0.717) is 23.3 Å². The predicted molar refractivity (Wildman–Crippen MR) is 154 cm³/mol. The molecule has 38 heavy (non-hydrogen) atoms. The number of nitrogens with zero attached hydrogens (tertiary/aromatic N) is 2. The lowest BCUT2D eigenvalue weighted by Gasteiger charge is -2.31. The third-order valence-corrected chi connectivity index (χ3v) is 11.4. The summed E-state index contributed by atoms with van der Waals surface area (Å²) in [7, 11) is -2.89. The lowest BCUT2D eigenvalue weighted by Crippen LogP contribution is -2.40. The third-order valence-electron chi connectivity index (χ3n) is 7.86. The molecular formula is C32H29N2O3P. The molecule has 0 N–H and O–H groups in total. The Morgan fingerprint density at radius 3 is 2.66 bits per heavy atom. The minimum atomic E-state index is -2.89. The zero-order valence-corrected chi connectivity index (χ0v) is 22.0. The van der Waals surface area contributed by atoms with E-state index in [9.17, 15) is 0 Å². The van der Waals surface area contributed by atoms with Crippen molar-refractivity contribution < 1.29 is 14.0 Å². The number of hydrogen-bond donors (Lipinski definition) is 0. The van der Waals surface area contributed by atoms with Gasteiger partial charge in [-0.25, -0.2) is 9.98 Å². The monoisotopic (exact) mass is 520 g/mol. The van der Waals surface area contributed by atoms with Gasteiger partial charge in [0.25, 0.3) is 11.8 Å². The van der Waals surface area contributed by atoms with E-state index in [-0.39, 0.29) is 17.7 Å². The Hall–Kier alpha value is -3.69. The quantitative estimate of drug-likeness (QED) is 0.318. The summed E-state index contributed by atoms with van der Waals surface area (Å²) in [5, 5.41) is 1.93. The van der Waals surface area contributed by atoms with Crippen LogP contribution in [0.25, 0.3) is 11.1 Å². The predicted octanol–water partition coefficient (Wildman–Crippen LogP) is 7.13. The molecule has 0 radical (unpaired) electrons. The number of ether oxygens (including phenoxy) is 2. The molecule has 0 saturated heterocycles. The van der Waals surface area contributed by atoms with Crippen molar-refractivity contribution in [2.75, 3.05) is 0 Å². The molecule has 0 fully saturated rings. The van der Waals surface area contributed by atoms with Crippen molar-refractivity contribution in [3.05, 3.63) is 102 Å². The van der Waals surface area contributed by atoms with Gasteiger partial charge in [0, 0.05) is 16.5 Å². The molecule has 4 unspecified atom stereocenters. The number of para-hydroxylation sites is 1. The summed E-state index contributed by atoms with van der Waals surface area (Å²) >= 11 is 0. The Morgan fingerprint density at radius 1 is 0.868 bits per heavy atom. The summed E-state index contributed by atoms with van der Waals surface area (Å²) in [6, 6.07) is 14.1. The van der Waals surface area contributed by atoms with Gasteiger partial charge in [0.05, 0.1) is 12.1 Å². The maximum absolute atomic E-state index is 15.0. The number of aliphatic imine (C=N–C) groups is 2. The van der Waals surface area contributed by atoms with Crippen LogP contribution in [0.4, 0.5) is 0 Å². The fraction of sp³-hybridized carbons (Fsp3) is 0.250. The Kier molecular flexibility index (Phi) is 5.89. The Morgan fingerprint density at radius 2 is 1.79 bits per heavy atom. The van der Waals surface area contributed by atoms with Crippen molar-refractivity contribution in [1.82, 2.24) is 0 Å². The summed E-state index contributed by atoms with van der Waals surface area (Å²) in [6.45, 7) is 0. The smallest absolute Gasteiger partial charge is 0.279 e. The highest BCUT2D eigenvalue weighted by atomic mass is 31.2. The Balaban J connectivity index is 1.30. The van der Waals surface area contributed by atoms with Crippen molar-refractivity contribution in [3.63, 3.8) is 0 Å². The maximum atomic E-state index is 15.0. The summed E-state index contributed by atoms with van der Waals surface area (Å²) in [4.78, 5) is 9.62. The molecule has 3 aliphatic carbocycles. The molecule has 2 aromatic rings. The van der Waals surface area contributed by atoms with Crippen LogP contribution in [-0.2, 0) is 4.57 Å². The fourth-order valence-corrected chi connectivity index (χ4v) is 9.20. The first kappa shape index (κ1) is 23.4. The first-order chi connectivity index (χ1) is 18.7. The van der Waals surface area contributed by atoms with Crippen LogP contribution in [0.3, 0.4) is 0 Å². The van der Waals surface area contributed by atoms with Gasteiger partial charge in [-0.05, 0) is 55.1 Å². The second kappa shape index (κ2) is 9.56. The van der Waals surface area contributed by atoms with Crippen molar-refractivity contribution in [2.45, 2.75) is 49.8 Å². The molecule has 2 aliphatic heterocycles. The van der Waals surface area contributed by atoms with Crippen LogP contribution >= 0.6 is 7.14 Å². The largest absolute Gasteiger partial charge is 0.431 e. The zero-order chi connectivity index (χ0) is 25.5. The molecule has 5 aliphatic rings. The van der Waals surface area contributed by atoms with Gasteiger partial charge in [-0.1, -0.05) is 85.0 Å². The van der Waals surface area contributed by atoms with E-state index in [4.69, 9.17) is 19.5 Å². The molecular weight excluding hydrogens is 491 g/mol. The molecule has 0 bridgehead atoms. The van der Waals surface area contributed by atoms with E-state index in [0.717, 1.165) is 53.8 Å². The number of fused-ring (bicyclic) bond motifs is 3. The third kappa shape index (κ3) is 3.97. The summed E-state index contributed by atoms with van der Waals surface area (Å²) in [6.07, 6.45) is 23.3. The van der Waals surface area contributed by atoms with Gasteiger partial charge < -0.3 is 14.0 Å². The van der Waals surface area contributed by atoms with Crippen LogP contribution < -0.4 is 14.8 Å². The Bertz CT molecular complexity index is 1560. The molecule has 0 amide bonds. The van der Waals surface area contributed by atoms with Gasteiger partial charge in [-0.15, -0.1) is 0 Å². The lowest BCUT2D eigenvalue weighted by molar-refractivity contribution is 0.416. The van der Waals surface area contributed by atoms with Crippen LogP contribution in [0.2, 0.25) is 0 Å². The van der Waals surface area contributed by atoms with Crippen molar-refractivity contribution in [2.24, 2.45) is 9.98 Å². The molecule has 0 saturated carbocycles. The van der Waals surface area contributed by atoms with E-state index < -0.39 is 7.14 Å². The fourth-order valence-electron chi connectivity index (χ4n) is 5.89. The second-order valence-electron chi connectivity index (χ2n) is 10.2. The summed E-state index contributed by atoms with van der Waals surface area (Å²) in [5.74, 6) is 2.13. The molecule has 5 nitrogen and oxygen atoms in total. The molecule has 0 spiro atoms. The average Bonchev–Trinajstić information content (AvgIpc) is 2.99. The van der Waals surface area contributed by atoms with E-state index in [1.165, 1.54) is 0 Å². The van der Waals surface area contributed by atoms with Gasteiger partial charge in [0.15, 0.2) is 11.5 Å². The highest BCUT2D eigenvalue weighted by Crippen LogP contribution is 2.61. The minimum Gasteiger partial charge on any atom is -0.431 e. The molecule has 6 heteroatoms. The van der Waals surface area contributed by atoms with E-state index in [1.807, 2.05) is 54.6 Å². The average molecular weight is 521 g/mol. The van der Waals surface area contributed by atoms with Gasteiger partial charge >= 0.3 is 0 Å². The first-order valence-corrected chi connectivity index (χ1v) is 15.2. The second-order valence-corrected chi connectivity index (χ2v) is 13.3. The molecule has 190 valence electrons. The van der Waals surface area contributed by atoms with Crippen molar-refractivity contribution in [1.29, 1.82) is 0 Å². The normalized spacial score (nSPS) is 26.4. The van der Waals surface area contributed by atoms with Crippen LogP contribution in [0.15, 0.2) is 112 Å². The maximum Gasteiger partial charge on any atom is 0.279 e. The molecule has 4 atom stereocenters. The lowest BCUT2D eigenvalue weighted by atomic mass is 9.97. The van der Waals surface area contributed by atoms with E-state index in [2.05, 4.69) is 42.5 Å². The number of benzene rings is 2. The SMILES string of the molecule is O=P(C1=CC=CCC1)(c1cccc(-c2cccc3c2OC2=NC4CCC=CC4N=C2O3)c1)C1C=CC=CC1. The van der Waals surface area contributed by atoms with Crippen LogP contribution in [0.1, 0.15) is 32.1 Å². The van der Waals surface area contributed by atoms with Crippen LogP contribution in [0, 0.1) is 0 Å². The van der Waals surface area contributed by atoms with E-state index in [1.54, 1.807) is 0 Å². The highest BCUT2D eigenvalue weighted by Gasteiger charge is 2.38. The number of rotatable bonds is 4. The number of allylic oxidation sites excluding steroid dienone is 9. The van der Waals surface area contributed by atoms with Gasteiger partial charge in [0.2, 0.25) is 0 Å². The van der Waals surface area contributed by atoms with Crippen molar-refractivity contribution >= 4 is 24.2 Å². The van der Waals surface area contributed by atoms with Gasteiger partial charge in [-0.3, -0.25) is 0 Å². The molecule has 2 heterocycles. The number of hydrogen-bond acceptors (Lipinski definition) is 5. The molecule has 0 aromatic heterocycles. The van der Waals surface area contributed by atoms with Crippen molar-refractivity contribution in [3.8, 4) is 22.6 Å².